The molecule has 1 amide bonds. The largest absolute Gasteiger partial charge is 0.453 e. The lowest BCUT2D eigenvalue weighted by atomic mass is 10.1. The van der Waals surface area contributed by atoms with Gasteiger partial charge in [-0.2, -0.15) is 13.2 Å². The van der Waals surface area contributed by atoms with E-state index in [1.165, 1.54) is 48.7 Å². The third-order valence-corrected chi connectivity index (χ3v) is 3.99. The second kappa shape index (κ2) is 9.21. The molecule has 0 saturated carbocycles. The number of ether oxygens (including phenoxy) is 1. The van der Waals surface area contributed by atoms with Crippen LogP contribution in [0, 0.1) is 5.82 Å². The smallest absolute Gasteiger partial charge is 0.412 e. The van der Waals surface area contributed by atoms with E-state index in [1.54, 1.807) is 24.4 Å². The van der Waals surface area contributed by atoms with E-state index in [4.69, 9.17) is 4.74 Å². The highest BCUT2D eigenvalue weighted by Gasteiger charge is 2.41. The number of nitrogens with one attached hydrogen (secondary N) is 1. The van der Waals surface area contributed by atoms with Crippen LogP contribution in [0.1, 0.15) is 17.2 Å². The number of hydrogen-bond donors (Lipinski definition) is 1. The maximum absolute atomic E-state index is 14.2. The Hall–Kier alpha value is -3.68. The SMILES string of the molecule is O=C(/C=C/c1ccc(Oc2cccnc2)c(F)c1)NC(c1ccccc1)C(F)(F)F. The van der Waals surface area contributed by atoms with Gasteiger partial charge in [-0.3, -0.25) is 9.78 Å². The molecule has 0 aliphatic carbocycles. The zero-order chi connectivity index (χ0) is 21.6. The summed E-state index contributed by atoms with van der Waals surface area (Å²) in [5.74, 6) is -1.36. The van der Waals surface area contributed by atoms with Crippen molar-refractivity contribution >= 4 is 12.0 Å². The van der Waals surface area contributed by atoms with Crippen LogP contribution in [-0.2, 0) is 4.79 Å². The quantitative estimate of drug-likeness (QED) is 0.430. The summed E-state index contributed by atoms with van der Waals surface area (Å²) in [6, 6.07) is 12.0. The van der Waals surface area contributed by atoms with Crippen molar-refractivity contribution in [2.45, 2.75) is 12.2 Å². The standard InChI is InChI=1S/C22H16F4N2O2/c23-18-13-15(8-10-19(18)30-17-7-4-12-27-14-17)9-11-20(29)28-21(22(24,25)26)16-5-2-1-3-6-16/h1-14,21H,(H,28,29)/b11-9+. The first-order valence-electron chi connectivity index (χ1n) is 8.80. The maximum Gasteiger partial charge on any atom is 0.412 e. The molecule has 0 aliphatic heterocycles. The maximum atomic E-state index is 14.2. The van der Waals surface area contributed by atoms with Crippen LogP contribution < -0.4 is 10.1 Å². The predicted molar refractivity (Wildman–Crippen MR) is 103 cm³/mol. The van der Waals surface area contributed by atoms with Crippen molar-refractivity contribution in [1.82, 2.24) is 10.3 Å². The van der Waals surface area contributed by atoms with E-state index >= 15 is 0 Å². The first kappa shape index (κ1) is 21.0. The zero-order valence-corrected chi connectivity index (χ0v) is 15.4. The Morgan fingerprint density at radius 3 is 2.47 bits per heavy atom. The van der Waals surface area contributed by atoms with Gasteiger partial charge in [0, 0.05) is 12.3 Å². The second-order valence-electron chi connectivity index (χ2n) is 6.21. The number of amides is 1. The van der Waals surface area contributed by atoms with Crippen molar-refractivity contribution < 1.29 is 27.1 Å². The first-order valence-corrected chi connectivity index (χ1v) is 8.80. The van der Waals surface area contributed by atoms with E-state index in [-0.39, 0.29) is 16.9 Å². The van der Waals surface area contributed by atoms with E-state index in [9.17, 15) is 22.4 Å². The number of aromatic nitrogens is 1. The molecule has 2 aromatic carbocycles. The summed E-state index contributed by atoms with van der Waals surface area (Å²) >= 11 is 0. The highest BCUT2D eigenvalue weighted by atomic mass is 19.4. The molecule has 1 N–H and O–H groups in total. The van der Waals surface area contributed by atoms with E-state index < -0.39 is 23.9 Å². The van der Waals surface area contributed by atoms with Crippen LogP contribution in [-0.4, -0.2) is 17.1 Å². The molecule has 1 atom stereocenters. The molecule has 0 radical (unpaired) electrons. The van der Waals surface area contributed by atoms with Gasteiger partial charge in [-0.15, -0.1) is 0 Å². The van der Waals surface area contributed by atoms with Crippen molar-refractivity contribution in [1.29, 1.82) is 0 Å². The molecule has 8 heteroatoms. The highest BCUT2D eigenvalue weighted by molar-refractivity contribution is 5.92. The minimum absolute atomic E-state index is 0.0502. The van der Waals surface area contributed by atoms with Crippen LogP contribution in [0.15, 0.2) is 79.1 Å². The van der Waals surface area contributed by atoms with Gasteiger partial charge in [0.25, 0.3) is 0 Å². The van der Waals surface area contributed by atoms with E-state index in [2.05, 4.69) is 4.98 Å². The second-order valence-corrected chi connectivity index (χ2v) is 6.21. The summed E-state index contributed by atoms with van der Waals surface area (Å²) < 4.78 is 59.5. The topological polar surface area (TPSA) is 51.2 Å². The number of rotatable bonds is 6. The number of hydrogen-bond acceptors (Lipinski definition) is 3. The molecule has 1 heterocycles. The van der Waals surface area contributed by atoms with Crippen LogP contribution >= 0.6 is 0 Å². The van der Waals surface area contributed by atoms with Crippen LogP contribution in [0.2, 0.25) is 0 Å². The molecule has 0 bridgehead atoms. The van der Waals surface area contributed by atoms with Gasteiger partial charge < -0.3 is 10.1 Å². The van der Waals surface area contributed by atoms with Gasteiger partial charge in [0.2, 0.25) is 5.91 Å². The molecule has 3 aromatic rings. The fraction of sp³-hybridized carbons (Fsp3) is 0.0909. The van der Waals surface area contributed by atoms with Crippen LogP contribution in [0.25, 0.3) is 6.08 Å². The molecule has 0 spiro atoms. The Morgan fingerprint density at radius 1 is 1.07 bits per heavy atom. The third kappa shape index (κ3) is 5.66. The normalized spacial score (nSPS) is 12.5. The van der Waals surface area contributed by atoms with Gasteiger partial charge in [0.1, 0.15) is 5.75 Å². The Balaban J connectivity index is 1.68. The Bertz CT molecular complexity index is 1020. The molecule has 0 saturated heterocycles. The average molecular weight is 416 g/mol. The van der Waals surface area contributed by atoms with Crippen molar-refractivity contribution in [3.05, 3.63) is 96.1 Å². The van der Waals surface area contributed by atoms with Gasteiger partial charge in [0.15, 0.2) is 17.6 Å². The van der Waals surface area contributed by atoms with Crippen LogP contribution in [0.4, 0.5) is 17.6 Å². The summed E-state index contributed by atoms with van der Waals surface area (Å²) in [5.41, 5.74) is 0.194. The molecule has 3 rings (SSSR count). The monoisotopic (exact) mass is 416 g/mol. The fourth-order valence-electron chi connectivity index (χ4n) is 2.60. The fourth-order valence-corrected chi connectivity index (χ4v) is 2.60. The van der Waals surface area contributed by atoms with Gasteiger partial charge in [0.05, 0.1) is 6.20 Å². The van der Waals surface area contributed by atoms with Crippen LogP contribution in [0.5, 0.6) is 11.5 Å². The Kier molecular flexibility index (Phi) is 6.46. The molecule has 1 aromatic heterocycles. The summed E-state index contributed by atoms with van der Waals surface area (Å²) in [4.78, 5) is 15.9. The summed E-state index contributed by atoms with van der Waals surface area (Å²) in [6.45, 7) is 0. The van der Waals surface area contributed by atoms with E-state index in [0.29, 0.717) is 5.75 Å². The number of pyridine rings is 1. The number of carbonyl (C=O) groups is 1. The Labute approximate surface area is 169 Å². The van der Waals surface area contributed by atoms with Crippen LogP contribution in [0.3, 0.4) is 0 Å². The number of halogens is 4. The van der Waals surface area contributed by atoms with Crippen molar-refractivity contribution in [2.75, 3.05) is 0 Å². The highest BCUT2D eigenvalue weighted by Crippen LogP contribution is 2.32. The summed E-state index contributed by atoms with van der Waals surface area (Å²) in [7, 11) is 0. The first-order chi connectivity index (χ1) is 14.3. The molecule has 154 valence electrons. The molecule has 0 fully saturated rings. The molecule has 30 heavy (non-hydrogen) atoms. The minimum atomic E-state index is -4.66. The predicted octanol–water partition coefficient (Wildman–Crippen LogP) is 5.45. The molecular formula is C22H16F4N2O2. The summed E-state index contributed by atoms with van der Waals surface area (Å²) in [6.07, 6.45) is 0.426. The molecule has 4 nitrogen and oxygen atoms in total. The average Bonchev–Trinajstić information content (AvgIpc) is 2.73. The lowest BCUT2D eigenvalue weighted by Gasteiger charge is -2.21. The summed E-state index contributed by atoms with van der Waals surface area (Å²) in [5, 5.41) is 1.93. The minimum Gasteiger partial charge on any atom is -0.453 e. The van der Waals surface area contributed by atoms with Gasteiger partial charge in [-0.25, -0.2) is 4.39 Å². The number of nitrogens with zero attached hydrogens (tertiary/aromatic N) is 1. The van der Waals surface area contributed by atoms with Crippen molar-refractivity contribution in [3.63, 3.8) is 0 Å². The van der Waals surface area contributed by atoms with Gasteiger partial charge >= 0.3 is 6.18 Å². The number of carbonyl (C=O) groups excluding carboxylic acids is 1. The van der Waals surface area contributed by atoms with Crippen molar-refractivity contribution in [3.8, 4) is 11.5 Å². The van der Waals surface area contributed by atoms with Gasteiger partial charge in [-0.1, -0.05) is 36.4 Å². The molecular weight excluding hydrogens is 400 g/mol. The van der Waals surface area contributed by atoms with E-state index in [1.807, 2.05) is 5.32 Å². The molecule has 0 aliphatic rings. The van der Waals surface area contributed by atoms with E-state index in [0.717, 1.165) is 12.1 Å². The zero-order valence-electron chi connectivity index (χ0n) is 15.4. The number of benzene rings is 2. The van der Waals surface area contributed by atoms with Gasteiger partial charge in [-0.05, 0) is 41.5 Å². The lowest BCUT2D eigenvalue weighted by Crippen LogP contribution is -2.37. The lowest BCUT2D eigenvalue weighted by molar-refractivity contribution is -0.162. The van der Waals surface area contributed by atoms with Crippen molar-refractivity contribution in [2.24, 2.45) is 0 Å². The third-order valence-electron chi connectivity index (χ3n) is 3.99. The molecule has 1 unspecified atom stereocenters. The Morgan fingerprint density at radius 2 is 1.83 bits per heavy atom. The number of alkyl halides is 3.